The summed E-state index contributed by atoms with van der Waals surface area (Å²) < 4.78 is 15.9. The van der Waals surface area contributed by atoms with Gasteiger partial charge in [0.05, 0.1) is 12.4 Å². The quantitative estimate of drug-likeness (QED) is 0.798. The molecule has 2 rings (SSSR count). The highest BCUT2D eigenvalue weighted by Gasteiger charge is 2.14. The van der Waals surface area contributed by atoms with Gasteiger partial charge in [-0.3, -0.25) is 0 Å². The van der Waals surface area contributed by atoms with Gasteiger partial charge in [0.2, 0.25) is 0 Å². The number of anilines is 1. The number of imidazole rings is 1. The third kappa shape index (κ3) is 2.46. The summed E-state index contributed by atoms with van der Waals surface area (Å²) in [5.74, 6) is 0.896. The minimum absolute atomic E-state index is 0.137. The van der Waals surface area contributed by atoms with E-state index in [1.807, 2.05) is 17.8 Å². The van der Waals surface area contributed by atoms with Crippen molar-refractivity contribution in [1.82, 2.24) is 14.5 Å². The molecule has 0 radical (unpaired) electrons. The molecule has 0 aromatic carbocycles. The predicted octanol–water partition coefficient (Wildman–Crippen LogP) is 2.33. The summed E-state index contributed by atoms with van der Waals surface area (Å²) >= 11 is 5.67. The molecule has 0 bridgehead atoms. The van der Waals surface area contributed by atoms with Crippen molar-refractivity contribution < 1.29 is 4.39 Å². The van der Waals surface area contributed by atoms with Crippen molar-refractivity contribution in [2.45, 2.75) is 12.4 Å². The third-order valence-electron chi connectivity index (χ3n) is 2.76. The SMILES string of the molecule is CN(Cc1nccn1C)c1nccc(CCl)c1F. The van der Waals surface area contributed by atoms with Crippen LogP contribution in [0.4, 0.5) is 10.2 Å². The molecule has 0 N–H and O–H groups in total. The van der Waals surface area contributed by atoms with Gasteiger partial charge in [-0.1, -0.05) is 0 Å². The van der Waals surface area contributed by atoms with Crippen LogP contribution >= 0.6 is 11.6 Å². The van der Waals surface area contributed by atoms with Crippen LogP contribution in [0.3, 0.4) is 0 Å². The number of aromatic nitrogens is 3. The lowest BCUT2D eigenvalue weighted by molar-refractivity contribution is 0.601. The monoisotopic (exact) mass is 268 g/mol. The summed E-state index contributed by atoms with van der Waals surface area (Å²) in [5.41, 5.74) is 0.452. The topological polar surface area (TPSA) is 34.0 Å². The zero-order chi connectivity index (χ0) is 13.1. The lowest BCUT2D eigenvalue weighted by Crippen LogP contribution is -2.21. The Morgan fingerprint density at radius 2 is 2.17 bits per heavy atom. The number of hydrogen-bond donors (Lipinski definition) is 0. The second kappa shape index (κ2) is 5.35. The van der Waals surface area contributed by atoms with E-state index in [0.717, 1.165) is 5.82 Å². The first kappa shape index (κ1) is 12.8. The van der Waals surface area contributed by atoms with Gasteiger partial charge in [0.25, 0.3) is 0 Å². The van der Waals surface area contributed by atoms with Gasteiger partial charge in [0.15, 0.2) is 11.6 Å². The molecule has 0 aliphatic rings. The van der Waals surface area contributed by atoms with Gasteiger partial charge in [0.1, 0.15) is 5.82 Å². The fourth-order valence-electron chi connectivity index (χ4n) is 1.68. The van der Waals surface area contributed by atoms with Crippen molar-refractivity contribution in [3.05, 3.63) is 41.9 Å². The second-order valence-corrected chi connectivity index (χ2v) is 4.32. The Morgan fingerprint density at radius 1 is 1.39 bits per heavy atom. The highest BCUT2D eigenvalue weighted by molar-refractivity contribution is 6.17. The Balaban J connectivity index is 2.24. The van der Waals surface area contributed by atoms with Crippen LogP contribution in [-0.2, 0) is 19.5 Å². The first-order valence-electron chi connectivity index (χ1n) is 5.50. The molecule has 0 spiro atoms. The van der Waals surface area contributed by atoms with E-state index in [4.69, 9.17) is 11.6 Å². The van der Waals surface area contributed by atoms with Gasteiger partial charge >= 0.3 is 0 Å². The van der Waals surface area contributed by atoms with Gasteiger partial charge in [-0.15, -0.1) is 11.6 Å². The van der Waals surface area contributed by atoms with E-state index in [0.29, 0.717) is 12.1 Å². The molecule has 0 saturated heterocycles. The van der Waals surface area contributed by atoms with E-state index in [9.17, 15) is 4.39 Å². The van der Waals surface area contributed by atoms with Crippen molar-refractivity contribution in [2.75, 3.05) is 11.9 Å². The number of nitrogens with zero attached hydrogens (tertiary/aromatic N) is 4. The average molecular weight is 269 g/mol. The van der Waals surface area contributed by atoms with Crippen LogP contribution in [0.25, 0.3) is 0 Å². The molecule has 0 unspecified atom stereocenters. The van der Waals surface area contributed by atoms with Gasteiger partial charge in [-0.2, -0.15) is 0 Å². The number of pyridine rings is 1. The molecule has 18 heavy (non-hydrogen) atoms. The first-order chi connectivity index (χ1) is 8.63. The second-order valence-electron chi connectivity index (χ2n) is 4.05. The van der Waals surface area contributed by atoms with E-state index in [1.165, 1.54) is 0 Å². The molecule has 6 heteroatoms. The highest BCUT2D eigenvalue weighted by Crippen LogP contribution is 2.20. The Labute approximate surface area is 110 Å². The molecule has 0 atom stereocenters. The molecular weight excluding hydrogens is 255 g/mol. The van der Waals surface area contributed by atoms with Crippen LogP contribution in [0.2, 0.25) is 0 Å². The molecule has 0 fully saturated rings. The smallest absolute Gasteiger partial charge is 0.170 e. The first-order valence-corrected chi connectivity index (χ1v) is 6.03. The van der Waals surface area contributed by atoms with Crippen molar-refractivity contribution >= 4 is 17.4 Å². The lowest BCUT2D eigenvalue weighted by atomic mass is 10.2. The van der Waals surface area contributed by atoms with E-state index >= 15 is 0 Å². The maximum absolute atomic E-state index is 14.0. The summed E-state index contributed by atoms with van der Waals surface area (Å²) in [4.78, 5) is 9.97. The standard InChI is InChI=1S/C12H14ClFN4/c1-17-6-5-15-10(17)8-18(2)12-11(14)9(7-13)3-4-16-12/h3-6H,7-8H2,1-2H3. The summed E-state index contributed by atoms with van der Waals surface area (Å²) in [5, 5.41) is 0. The largest absolute Gasteiger partial charge is 0.350 e. The summed E-state index contributed by atoms with van der Waals surface area (Å²) in [6, 6.07) is 1.58. The average Bonchev–Trinajstić information content (AvgIpc) is 2.75. The van der Waals surface area contributed by atoms with Crippen molar-refractivity contribution in [3.8, 4) is 0 Å². The van der Waals surface area contributed by atoms with Crippen LogP contribution in [0, 0.1) is 5.82 Å². The van der Waals surface area contributed by atoms with Crippen LogP contribution in [0.5, 0.6) is 0 Å². The zero-order valence-corrected chi connectivity index (χ0v) is 11.0. The van der Waals surface area contributed by atoms with Crippen LogP contribution in [0.1, 0.15) is 11.4 Å². The lowest BCUT2D eigenvalue weighted by Gasteiger charge is -2.19. The normalized spacial score (nSPS) is 10.7. The van der Waals surface area contributed by atoms with Gasteiger partial charge in [0, 0.05) is 38.2 Å². The molecule has 0 saturated carbocycles. The van der Waals surface area contributed by atoms with Crippen LogP contribution in [0.15, 0.2) is 24.7 Å². The highest BCUT2D eigenvalue weighted by atomic mass is 35.5. The summed E-state index contributed by atoms with van der Waals surface area (Å²) in [6.45, 7) is 0.485. The fraction of sp³-hybridized carbons (Fsp3) is 0.333. The van der Waals surface area contributed by atoms with E-state index in [2.05, 4.69) is 9.97 Å². The Morgan fingerprint density at radius 3 is 2.78 bits per heavy atom. The Kier molecular flexibility index (Phi) is 3.81. The zero-order valence-electron chi connectivity index (χ0n) is 10.3. The minimum Gasteiger partial charge on any atom is -0.350 e. The van der Waals surface area contributed by atoms with Crippen LogP contribution in [-0.4, -0.2) is 21.6 Å². The molecule has 2 heterocycles. The van der Waals surface area contributed by atoms with E-state index < -0.39 is 0 Å². The molecule has 2 aromatic heterocycles. The minimum atomic E-state index is -0.371. The third-order valence-corrected chi connectivity index (χ3v) is 3.04. The molecule has 0 aliphatic carbocycles. The van der Waals surface area contributed by atoms with Gasteiger partial charge in [-0.25, -0.2) is 14.4 Å². The summed E-state index contributed by atoms with van der Waals surface area (Å²) in [6.07, 6.45) is 5.12. The van der Waals surface area contributed by atoms with Crippen LogP contribution < -0.4 is 4.90 Å². The fourth-order valence-corrected chi connectivity index (χ4v) is 1.88. The van der Waals surface area contributed by atoms with Crippen molar-refractivity contribution in [3.63, 3.8) is 0 Å². The number of aryl methyl sites for hydroxylation is 1. The molecular formula is C12H14ClFN4. The van der Waals surface area contributed by atoms with Crippen molar-refractivity contribution in [2.24, 2.45) is 7.05 Å². The Bertz CT molecular complexity index is 541. The molecule has 2 aromatic rings. The maximum atomic E-state index is 14.0. The Hall–Kier alpha value is -1.62. The summed E-state index contributed by atoms with van der Waals surface area (Å²) in [7, 11) is 3.67. The molecule has 0 aliphatic heterocycles. The molecule has 4 nitrogen and oxygen atoms in total. The predicted molar refractivity (Wildman–Crippen MR) is 69.1 cm³/mol. The molecule has 0 amide bonds. The van der Waals surface area contributed by atoms with E-state index in [-0.39, 0.29) is 17.5 Å². The maximum Gasteiger partial charge on any atom is 0.170 e. The number of halogens is 2. The number of hydrogen-bond acceptors (Lipinski definition) is 3. The van der Waals surface area contributed by atoms with E-state index in [1.54, 1.807) is 30.4 Å². The molecule has 96 valence electrons. The van der Waals surface area contributed by atoms with Gasteiger partial charge < -0.3 is 9.47 Å². The van der Waals surface area contributed by atoms with Gasteiger partial charge in [-0.05, 0) is 6.07 Å². The number of rotatable bonds is 4. The van der Waals surface area contributed by atoms with Crippen molar-refractivity contribution in [1.29, 1.82) is 0 Å². The number of alkyl halides is 1.